The van der Waals surface area contributed by atoms with Crippen molar-refractivity contribution in [2.45, 2.75) is 11.4 Å². The van der Waals surface area contributed by atoms with E-state index in [0.29, 0.717) is 23.8 Å². The van der Waals surface area contributed by atoms with Crippen LogP contribution in [0.25, 0.3) is 11.2 Å². The second-order valence-corrected chi connectivity index (χ2v) is 5.55. The molecule has 3 aromatic rings. The van der Waals surface area contributed by atoms with Crippen LogP contribution in [0.5, 0.6) is 0 Å². The highest BCUT2D eigenvalue weighted by molar-refractivity contribution is 7.99. The first kappa shape index (κ1) is 13.6. The van der Waals surface area contributed by atoms with Gasteiger partial charge in [0, 0.05) is 17.7 Å². The maximum absolute atomic E-state index is 12.0. The lowest BCUT2D eigenvalue weighted by atomic mass is 10.1. The fourth-order valence-electron chi connectivity index (χ4n) is 1.98. The third-order valence-corrected chi connectivity index (χ3v) is 3.99. The smallest absolute Gasteiger partial charge is 0.339 e. The molecule has 0 fully saturated rings. The maximum Gasteiger partial charge on any atom is 0.390 e. The van der Waals surface area contributed by atoms with E-state index < -0.39 is 0 Å². The number of hydrogen-bond donors (Lipinski definition) is 2. The van der Waals surface area contributed by atoms with Gasteiger partial charge in [0.15, 0.2) is 10.8 Å². The van der Waals surface area contributed by atoms with E-state index >= 15 is 0 Å². The summed E-state index contributed by atoms with van der Waals surface area (Å²) in [7, 11) is 0. The van der Waals surface area contributed by atoms with Crippen LogP contribution in [0.3, 0.4) is 0 Å². The van der Waals surface area contributed by atoms with Gasteiger partial charge in [0.05, 0.1) is 6.33 Å². The van der Waals surface area contributed by atoms with E-state index in [2.05, 4.69) is 19.9 Å². The SMILES string of the molecule is Nc1nc2nc[nH]c2c(SCCC(=O)c2ccccc2)[nH+]1. The average molecular weight is 300 g/mol. The number of benzene rings is 1. The lowest BCUT2D eigenvalue weighted by molar-refractivity contribution is -0.410. The number of fused-ring (bicyclic) bond motifs is 1. The molecule has 0 aliphatic carbocycles. The van der Waals surface area contributed by atoms with Gasteiger partial charge in [-0.3, -0.25) is 10.5 Å². The predicted octanol–water partition coefficient (Wildman–Crippen LogP) is 1.72. The number of nitrogen functional groups attached to an aromatic ring is 1. The van der Waals surface area contributed by atoms with Crippen LogP contribution in [0.15, 0.2) is 41.7 Å². The predicted molar refractivity (Wildman–Crippen MR) is 81.0 cm³/mol. The molecule has 0 unspecified atom stereocenters. The number of nitrogens with two attached hydrogens (primary N) is 1. The van der Waals surface area contributed by atoms with Crippen molar-refractivity contribution in [2.24, 2.45) is 0 Å². The van der Waals surface area contributed by atoms with Crippen molar-refractivity contribution in [1.82, 2.24) is 15.0 Å². The van der Waals surface area contributed by atoms with Crippen molar-refractivity contribution < 1.29 is 9.78 Å². The van der Waals surface area contributed by atoms with Gasteiger partial charge in [-0.15, -0.1) is 0 Å². The monoisotopic (exact) mass is 300 g/mol. The van der Waals surface area contributed by atoms with Gasteiger partial charge in [0.1, 0.15) is 5.52 Å². The van der Waals surface area contributed by atoms with Gasteiger partial charge in [-0.2, -0.15) is 0 Å². The molecule has 21 heavy (non-hydrogen) atoms. The highest BCUT2D eigenvalue weighted by Crippen LogP contribution is 2.21. The number of rotatable bonds is 5. The average Bonchev–Trinajstić information content (AvgIpc) is 2.96. The Labute approximate surface area is 125 Å². The standard InChI is InChI=1S/C14H13N5OS/c15-14-18-12-11(16-8-17-12)13(19-14)21-7-6-10(20)9-4-2-1-3-5-9/h1-5,8H,6-7H2,(H3,15,16,17,18,19)/p+1. The zero-order chi connectivity index (χ0) is 14.7. The number of imidazole rings is 1. The summed E-state index contributed by atoms with van der Waals surface area (Å²) < 4.78 is 0. The van der Waals surface area contributed by atoms with Crippen molar-refractivity contribution in [3.63, 3.8) is 0 Å². The first-order chi connectivity index (χ1) is 10.2. The number of H-pyrrole nitrogens is 2. The van der Waals surface area contributed by atoms with Gasteiger partial charge in [0.25, 0.3) is 5.65 Å². The highest BCUT2D eigenvalue weighted by atomic mass is 32.2. The Morgan fingerprint density at radius 2 is 2.14 bits per heavy atom. The van der Waals surface area contributed by atoms with Crippen molar-refractivity contribution in [3.05, 3.63) is 42.2 Å². The molecule has 1 aromatic carbocycles. The van der Waals surface area contributed by atoms with E-state index in [1.807, 2.05) is 30.3 Å². The van der Waals surface area contributed by atoms with Crippen LogP contribution < -0.4 is 10.7 Å². The number of hydrogen-bond acceptors (Lipinski definition) is 5. The van der Waals surface area contributed by atoms with E-state index in [1.54, 1.807) is 6.33 Å². The molecule has 4 N–H and O–H groups in total. The highest BCUT2D eigenvalue weighted by Gasteiger charge is 2.14. The zero-order valence-corrected chi connectivity index (χ0v) is 12.0. The summed E-state index contributed by atoms with van der Waals surface area (Å²) in [6, 6.07) is 9.29. The molecule has 6 nitrogen and oxygen atoms in total. The number of thioether (sulfide) groups is 1. The molecule has 0 bridgehead atoms. The molecule has 0 aliphatic heterocycles. The first-order valence-electron chi connectivity index (χ1n) is 6.47. The topological polar surface area (TPSA) is 98.8 Å². The Bertz CT molecular complexity index is 771. The number of carbonyl (C=O) groups is 1. The fraction of sp³-hybridized carbons (Fsp3) is 0.143. The molecule has 7 heteroatoms. The Balaban J connectivity index is 1.67. The molecule has 0 amide bonds. The van der Waals surface area contributed by atoms with Crippen molar-refractivity contribution in [1.29, 1.82) is 0 Å². The van der Waals surface area contributed by atoms with E-state index in [-0.39, 0.29) is 5.78 Å². The number of aromatic amines is 2. The number of anilines is 1. The van der Waals surface area contributed by atoms with Crippen LogP contribution in [0.2, 0.25) is 0 Å². The molecule has 106 valence electrons. The summed E-state index contributed by atoms with van der Waals surface area (Å²) in [5, 5.41) is 0.843. The summed E-state index contributed by atoms with van der Waals surface area (Å²) >= 11 is 1.52. The maximum atomic E-state index is 12.0. The lowest BCUT2D eigenvalue weighted by Gasteiger charge is -2.01. The largest absolute Gasteiger partial charge is 0.390 e. The van der Waals surface area contributed by atoms with Gasteiger partial charge in [0.2, 0.25) is 0 Å². The first-order valence-corrected chi connectivity index (χ1v) is 7.45. The number of aromatic nitrogens is 4. The Hall–Kier alpha value is -2.41. The molecule has 0 aliphatic rings. The number of nitrogens with zero attached hydrogens (tertiary/aromatic N) is 2. The van der Waals surface area contributed by atoms with Gasteiger partial charge >= 0.3 is 5.95 Å². The summed E-state index contributed by atoms with van der Waals surface area (Å²) in [6.45, 7) is 0. The molecular formula is C14H14N5OS+. The second-order valence-electron chi connectivity index (χ2n) is 4.44. The van der Waals surface area contributed by atoms with Crippen LogP contribution in [-0.4, -0.2) is 26.5 Å². The van der Waals surface area contributed by atoms with Gasteiger partial charge < -0.3 is 4.98 Å². The Morgan fingerprint density at radius 3 is 2.95 bits per heavy atom. The molecular weight excluding hydrogens is 286 g/mol. The zero-order valence-electron chi connectivity index (χ0n) is 11.2. The Kier molecular flexibility index (Phi) is 3.83. The lowest BCUT2D eigenvalue weighted by Crippen LogP contribution is -2.16. The van der Waals surface area contributed by atoms with Gasteiger partial charge in [-0.25, -0.2) is 9.97 Å². The quantitative estimate of drug-likeness (QED) is 0.424. The Morgan fingerprint density at radius 1 is 1.33 bits per heavy atom. The van der Waals surface area contributed by atoms with Crippen LogP contribution in [0, 0.1) is 0 Å². The third-order valence-electron chi connectivity index (χ3n) is 2.99. The summed E-state index contributed by atoms with van der Waals surface area (Å²) in [5.74, 6) is 1.10. The van der Waals surface area contributed by atoms with E-state index in [4.69, 9.17) is 5.73 Å². The second kappa shape index (κ2) is 5.92. The molecule has 0 radical (unpaired) electrons. The van der Waals surface area contributed by atoms with Gasteiger partial charge in [-0.05, 0) is 4.98 Å². The molecule has 0 spiro atoms. The van der Waals surface area contributed by atoms with E-state index in [1.165, 1.54) is 11.8 Å². The number of Topliss-reactive ketones (excluding diaryl/α,β-unsaturated/α-hetero) is 1. The van der Waals surface area contributed by atoms with Crippen LogP contribution in [-0.2, 0) is 0 Å². The number of carbonyl (C=O) groups excluding carboxylic acids is 1. The minimum Gasteiger partial charge on any atom is -0.339 e. The molecule has 0 saturated heterocycles. The van der Waals surface area contributed by atoms with Crippen LogP contribution in [0.4, 0.5) is 5.95 Å². The van der Waals surface area contributed by atoms with E-state index in [9.17, 15) is 4.79 Å². The minimum absolute atomic E-state index is 0.131. The normalized spacial score (nSPS) is 10.9. The van der Waals surface area contributed by atoms with Gasteiger partial charge in [-0.1, -0.05) is 42.1 Å². The molecule has 0 atom stereocenters. The minimum atomic E-state index is 0.131. The number of ketones is 1. The molecule has 2 aromatic heterocycles. The number of nitrogens with one attached hydrogen (secondary N) is 2. The van der Waals surface area contributed by atoms with Crippen LogP contribution >= 0.6 is 11.8 Å². The molecule has 2 heterocycles. The van der Waals surface area contributed by atoms with E-state index in [0.717, 1.165) is 16.1 Å². The molecule has 3 rings (SSSR count). The third kappa shape index (κ3) is 3.03. The summed E-state index contributed by atoms with van der Waals surface area (Å²) in [5.41, 5.74) is 7.82. The van der Waals surface area contributed by atoms with Crippen molar-refractivity contribution in [3.8, 4) is 0 Å². The fourth-order valence-corrected chi connectivity index (χ4v) is 2.95. The summed E-state index contributed by atoms with van der Waals surface area (Å²) in [4.78, 5) is 26.2. The van der Waals surface area contributed by atoms with Crippen molar-refractivity contribution in [2.75, 3.05) is 11.5 Å². The van der Waals surface area contributed by atoms with Crippen molar-refractivity contribution >= 4 is 34.7 Å². The summed E-state index contributed by atoms with van der Waals surface area (Å²) in [6.07, 6.45) is 2.03. The van der Waals surface area contributed by atoms with Crippen LogP contribution in [0.1, 0.15) is 16.8 Å². The molecule has 0 saturated carbocycles.